The van der Waals surface area contributed by atoms with E-state index >= 15 is 0 Å². The lowest BCUT2D eigenvalue weighted by atomic mass is 10.2. The molecule has 0 unspecified atom stereocenters. The third-order valence-electron chi connectivity index (χ3n) is 4.75. The average Bonchev–Trinajstić information content (AvgIpc) is 3.30. The standard InChI is InChI=1S/C25H22N4O4S.3BrH/c1-17-12-22-21(26-16-34-22)13-20(17)27-23(28-24(30)32-14-18-8-4-2-5-9-18)29-25(31)33-15-19-10-6-3-7-11-19;;;/h2-13,16H,14-15H2,1H3,(H2,27,28,29,30,31);3*1H. The fourth-order valence-electron chi connectivity index (χ4n) is 3.03. The van der Waals surface area contributed by atoms with Gasteiger partial charge in [0.25, 0.3) is 0 Å². The first kappa shape index (κ1) is 32.2. The van der Waals surface area contributed by atoms with Gasteiger partial charge in [0.05, 0.1) is 21.4 Å². The van der Waals surface area contributed by atoms with Gasteiger partial charge in [-0.05, 0) is 35.7 Å². The van der Waals surface area contributed by atoms with E-state index in [0.29, 0.717) is 5.69 Å². The lowest BCUT2D eigenvalue weighted by molar-refractivity contribution is 0.141. The Bertz CT molecular complexity index is 1260. The van der Waals surface area contributed by atoms with Gasteiger partial charge in [0.15, 0.2) is 0 Å². The summed E-state index contributed by atoms with van der Waals surface area (Å²) in [4.78, 5) is 33.6. The van der Waals surface area contributed by atoms with Gasteiger partial charge in [-0.25, -0.2) is 19.6 Å². The number of thiazole rings is 1. The van der Waals surface area contributed by atoms with Crippen LogP contribution >= 0.6 is 62.3 Å². The zero-order valence-corrected chi connectivity index (χ0v) is 25.5. The van der Waals surface area contributed by atoms with Crippen LogP contribution in [0.5, 0.6) is 0 Å². The molecule has 37 heavy (non-hydrogen) atoms. The molecule has 1 heterocycles. The molecular formula is C25H25Br3N4O4S. The van der Waals surface area contributed by atoms with Gasteiger partial charge in [-0.15, -0.1) is 62.3 Å². The van der Waals surface area contributed by atoms with E-state index in [2.05, 4.69) is 20.6 Å². The minimum absolute atomic E-state index is 0. The number of benzene rings is 3. The SMILES string of the molecule is Br.Br.Br.Cc1cc2scnc2cc1N=C(NC(=O)OCc1ccccc1)NC(=O)OCc1ccccc1. The molecule has 0 bridgehead atoms. The number of hydrogen-bond acceptors (Lipinski definition) is 7. The van der Waals surface area contributed by atoms with E-state index in [4.69, 9.17) is 9.47 Å². The Labute approximate surface area is 249 Å². The molecule has 12 heteroatoms. The van der Waals surface area contributed by atoms with E-state index in [1.807, 2.05) is 73.7 Å². The van der Waals surface area contributed by atoms with Gasteiger partial charge < -0.3 is 9.47 Å². The van der Waals surface area contributed by atoms with Gasteiger partial charge in [-0.1, -0.05) is 60.7 Å². The van der Waals surface area contributed by atoms with Crippen LogP contribution in [0.2, 0.25) is 0 Å². The number of carbonyl (C=O) groups excluding carboxylic acids is 2. The summed E-state index contributed by atoms with van der Waals surface area (Å²) in [5.41, 5.74) is 5.57. The van der Waals surface area contributed by atoms with Crippen LogP contribution in [0.4, 0.5) is 15.3 Å². The quantitative estimate of drug-likeness (QED) is 0.168. The number of aromatic nitrogens is 1. The summed E-state index contributed by atoms with van der Waals surface area (Å²) in [6.07, 6.45) is -1.53. The van der Waals surface area contributed by atoms with Crippen molar-refractivity contribution in [2.24, 2.45) is 4.99 Å². The summed E-state index contributed by atoms with van der Waals surface area (Å²) in [7, 11) is 0. The summed E-state index contributed by atoms with van der Waals surface area (Å²) in [5, 5.41) is 4.99. The van der Waals surface area contributed by atoms with Crippen molar-refractivity contribution in [1.82, 2.24) is 15.6 Å². The Hall–Kier alpha value is -2.80. The molecule has 0 aliphatic rings. The molecule has 8 nitrogen and oxygen atoms in total. The lowest BCUT2D eigenvalue weighted by Gasteiger charge is -2.12. The molecule has 0 saturated heterocycles. The van der Waals surface area contributed by atoms with E-state index < -0.39 is 12.2 Å². The van der Waals surface area contributed by atoms with E-state index in [-0.39, 0.29) is 70.1 Å². The minimum atomic E-state index is -0.765. The predicted octanol–water partition coefficient (Wildman–Crippen LogP) is 7.18. The number of rotatable bonds is 5. The molecule has 2 amide bonds. The molecule has 0 atom stereocenters. The molecule has 0 saturated carbocycles. The maximum absolute atomic E-state index is 12.4. The Morgan fingerprint density at radius 3 is 1.86 bits per heavy atom. The molecule has 3 aromatic carbocycles. The number of fused-ring (bicyclic) bond motifs is 1. The first-order valence-electron chi connectivity index (χ1n) is 10.4. The van der Waals surface area contributed by atoms with Crippen LogP contribution in [0.25, 0.3) is 10.2 Å². The Morgan fingerprint density at radius 1 is 0.838 bits per heavy atom. The van der Waals surface area contributed by atoms with Crippen molar-refractivity contribution in [3.8, 4) is 0 Å². The van der Waals surface area contributed by atoms with Gasteiger partial charge in [-0.3, -0.25) is 10.6 Å². The molecule has 0 aliphatic carbocycles. The van der Waals surface area contributed by atoms with Crippen LogP contribution in [0, 0.1) is 6.92 Å². The lowest BCUT2D eigenvalue weighted by Crippen LogP contribution is -2.44. The molecule has 4 aromatic rings. The Kier molecular flexibility index (Phi) is 14.0. The average molecular weight is 717 g/mol. The van der Waals surface area contributed by atoms with Crippen molar-refractivity contribution in [3.63, 3.8) is 0 Å². The van der Waals surface area contributed by atoms with Crippen molar-refractivity contribution >= 4 is 96.3 Å². The number of halogens is 3. The molecule has 4 rings (SSSR count). The molecular weight excluding hydrogens is 692 g/mol. The maximum atomic E-state index is 12.4. The topological polar surface area (TPSA) is 102 Å². The van der Waals surface area contributed by atoms with E-state index in [1.165, 1.54) is 11.3 Å². The number of alkyl carbamates (subject to hydrolysis) is 2. The van der Waals surface area contributed by atoms with Gasteiger partial charge in [0.1, 0.15) is 13.2 Å². The Balaban J connectivity index is 0.00000228. The summed E-state index contributed by atoms with van der Waals surface area (Å²) in [5.74, 6) is -0.117. The van der Waals surface area contributed by atoms with Gasteiger partial charge in [-0.2, -0.15) is 0 Å². The van der Waals surface area contributed by atoms with Crippen LogP contribution in [0.3, 0.4) is 0 Å². The van der Waals surface area contributed by atoms with Crippen LogP contribution in [-0.4, -0.2) is 23.1 Å². The second-order valence-corrected chi connectivity index (χ2v) is 8.18. The number of nitrogens with zero attached hydrogens (tertiary/aromatic N) is 2. The molecule has 0 radical (unpaired) electrons. The van der Waals surface area contributed by atoms with Crippen molar-refractivity contribution in [1.29, 1.82) is 0 Å². The number of aliphatic imine (C=N–C) groups is 1. The van der Waals surface area contributed by atoms with Crippen LogP contribution < -0.4 is 10.6 Å². The normalized spacial score (nSPS) is 9.54. The largest absolute Gasteiger partial charge is 0.444 e. The maximum Gasteiger partial charge on any atom is 0.414 e. The zero-order valence-electron chi connectivity index (χ0n) is 19.6. The number of guanidine groups is 1. The number of carbonyl (C=O) groups is 2. The smallest absolute Gasteiger partial charge is 0.414 e. The molecule has 1 aromatic heterocycles. The second-order valence-electron chi connectivity index (χ2n) is 7.29. The fourth-order valence-corrected chi connectivity index (χ4v) is 3.79. The number of ether oxygens (including phenoxy) is 2. The van der Waals surface area contributed by atoms with Crippen molar-refractivity contribution in [2.45, 2.75) is 20.1 Å². The number of hydrogen-bond donors (Lipinski definition) is 2. The number of aryl methyl sites for hydroxylation is 1. The highest BCUT2D eigenvalue weighted by Crippen LogP contribution is 2.27. The molecule has 0 spiro atoms. The summed E-state index contributed by atoms with van der Waals surface area (Å²) >= 11 is 1.52. The van der Waals surface area contributed by atoms with E-state index in [0.717, 1.165) is 26.9 Å². The highest BCUT2D eigenvalue weighted by atomic mass is 79.9. The van der Waals surface area contributed by atoms with Gasteiger partial charge in [0, 0.05) is 0 Å². The summed E-state index contributed by atoms with van der Waals surface area (Å²) < 4.78 is 11.5. The van der Waals surface area contributed by atoms with E-state index in [9.17, 15) is 9.59 Å². The van der Waals surface area contributed by atoms with Crippen LogP contribution in [0.1, 0.15) is 16.7 Å². The third-order valence-corrected chi connectivity index (χ3v) is 5.54. The minimum Gasteiger partial charge on any atom is -0.444 e. The first-order valence-corrected chi connectivity index (χ1v) is 11.3. The van der Waals surface area contributed by atoms with Crippen molar-refractivity contribution < 1.29 is 19.1 Å². The highest BCUT2D eigenvalue weighted by molar-refractivity contribution is 8.93. The number of nitrogens with one attached hydrogen (secondary N) is 2. The number of amides is 2. The third kappa shape index (κ3) is 9.88. The van der Waals surface area contributed by atoms with Crippen LogP contribution in [0.15, 0.2) is 83.3 Å². The van der Waals surface area contributed by atoms with Crippen molar-refractivity contribution in [3.05, 3.63) is 95.0 Å². The highest BCUT2D eigenvalue weighted by Gasteiger charge is 2.14. The first-order chi connectivity index (χ1) is 16.6. The second kappa shape index (κ2) is 16.1. The Morgan fingerprint density at radius 2 is 1.35 bits per heavy atom. The zero-order chi connectivity index (χ0) is 23.8. The van der Waals surface area contributed by atoms with Gasteiger partial charge in [0.2, 0.25) is 5.96 Å². The predicted molar refractivity (Wildman–Crippen MR) is 162 cm³/mol. The monoisotopic (exact) mass is 714 g/mol. The van der Waals surface area contributed by atoms with Crippen LogP contribution in [-0.2, 0) is 22.7 Å². The van der Waals surface area contributed by atoms with Gasteiger partial charge >= 0.3 is 12.2 Å². The van der Waals surface area contributed by atoms with Crippen molar-refractivity contribution in [2.75, 3.05) is 0 Å². The molecule has 196 valence electrons. The fraction of sp³-hybridized carbons (Fsp3) is 0.120. The van der Waals surface area contributed by atoms with E-state index in [1.54, 1.807) is 11.6 Å². The molecule has 0 aliphatic heterocycles. The summed E-state index contributed by atoms with van der Waals surface area (Å²) in [6.45, 7) is 2.03. The molecule has 2 N–H and O–H groups in total. The molecule has 0 fully saturated rings. The summed E-state index contributed by atoms with van der Waals surface area (Å²) in [6, 6.07) is 22.3.